The van der Waals surface area contributed by atoms with Gasteiger partial charge in [-0.3, -0.25) is 0 Å². The highest BCUT2D eigenvalue weighted by Crippen LogP contribution is 2.14. The van der Waals surface area contributed by atoms with E-state index in [0.29, 0.717) is 11.4 Å². The lowest BCUT2D eigenvalue weighted by Gasteiger charge is -2.01. The van der Waals surface area contributed by atoms with Crippen molar-refractivity contribution in [3.05, 3.63) is 60.2 Å². The van der Waals surface area contributed by atoms with Gasteiger partial charge in [-0.1, -0.05) is 35.5 Å². The largest absolute Gasteiger partial charge is 0.409 e. The van der Waals surface area contributed by atoms with E-state index in [-0.39, 0.29) is 5.84 Å². The monoisotopic (exact) mass is 280 g/mol. The van der Waals surface area contributed by atoms with Gasteiger partial charge < -0.3 is 10.9 Å². The minimum atomic E-state index is 0.0538. The summed E-state index contributed by atoms with van der Waals surface area (Å²) in [6.45, 7) is 0. The predicted octanol–water partition coefficient (Wildman–Crippen LogP) is 1.42. The summed E-state index contributed by atoms with van der Waals surface area (Å²) in [5.41, 5.74) is 7.76. The van der Waals surface area contributed by atoms with E-state index in [0.717, 1.165) is 11.3 Å². The van der Waals surface area contributed by atoms with Crippen LogP contribution in [0.3, 0.4) is 0 Å². The topological polar surface area (TPSA) is 102 Å². The van der Waals surface area contributed by atoms with Crippen LogP contribution in [0.2, 0.25) is 0 Å². The molecule has 0 amide bonds. The van der Waals surface area contributed by atoms with E-state index in [9.17, 15) is 0 Å². The molecule has 7 heteroatoms. The Labute approximate surface area is 120 Å². The molecule has 21 heavy (non-hydrogen) atoms. The Hall–Kier alpha value is -3.22. The van der Waals surface area contributed by atoms with E-state index >= 15 is 0 Å². The van der Waals surface area contributed by atoms with Crippen molar-refractivity contribution in [2.24, 2.45) is 10.9 Å². The summed E-state index contributed by atoms with van der Waals surface area (Å²) in [5.74, 6) is 0.606. The van der Waals surface area contributed by atoms with Crippen molar-refractivity contribution in [3.8, 4) is 17.1 Å². The quantitative estimate of drug-likeness (QED) is 0.327. The van der Waals surface area contributed by atoms with Gasteiger partial charge in [-0.05, 0) is 29.5 Å². The Morgan fingerprint density at radius 1 is 1.05 bits per heavy atom. The lowest BCUT2D eigenvalue weighted by molar-refractivity contribution is 0.318. The molecular formula is C14H12N6O. The molecule has 0 aliphatic heterocycles. The zero-order chi connectivity index (χ0) is 14.7. The molecule has 3 aromatic rings. The maximum Gasteiger partial charge on any atom is 0.205 e. The Morgan fingerprint density at radius 2 is 1.76 bits per heavy atom. The van der Waals surface area contributed by atoms with Gasteiger partial charge in [-0.15, -0.1) is 15.0 Å². The second-order valence-corrected chi connectivity index (χ2v) is 4.30. The van der Waals surface area contributed by atoms with E-state index in [4.69, 9.17) is 10.9 Å². The molecule has 0 fully saturated rings. The Kier molecular flexibility index (Phi) is 3.30. The highest BCUT2D eigenvalue weighted by Gasteiger charge is 2.07. The average molecular weight is 280 g/mol. The van der Waals surface area contributed by atoms with Gasteiger partial charge in [-0.2, -0.15) is 0 Å². The van der Waals surface area contributed by atoms with Crippen molar-refractivity contribution < 1.29 is 5.21 Å². The number of tetrazole rings is 1. The van der Waals surface area contributed by atoms with Crippen molar-refractivity contribution >= 4 is 5.84 Å². The van der Waals surface area contributed by atoms with Gasteiger partial charge in [-0.25, -0.2) is 0 Å². The normalized spacial score (nSPS) is 11.5. The van der Waals surface area contributed by atoms with Crippen LogP contribution in [0.25, 0.3) is 17.1 Å². The molecule has 0 spiro atoms. The zero-order valence-electron chi connectivity index (χ0n) is 11.0. The highest BCUT2D eigenvalue weighted by molar-refractivity contribution is 5.97. The van der Waals surface area contributed by atoms with Gasteiger partial charge in [0.05, 0.1) is 5.69 Å². The molecule has 0 atom stereocenters. The maximum atomic E-state index is 8.63. The van der Waals surface area contributed by atoms with E-state index < -0.39 is 0 Å². The second kappa shape index (κ2) is 5.41. The van der Waals surface area contributed by atoms with Gasteiger partial charge in [0.25, 0.3) is 0 Å². The van der Waals surface area contributed by atoms with Crippen LogP contribution in [0.15, 0.2) is 59.8 Å². The second-order valence-electron chi connectivity index (χ2n) is 4.30. The number of rotatable bonds is 3. The maximum absolute atomic E-state index is 8.63. The summed E-state index contributed by atoms with van der Waals surface area (Å²) in [4.78, 5) is 1.43. The van der Waals surface area contributed by atoms with Gasteiger partial charge in [0, 0.05) is 11.1 Å². The van der Waals surface area contributed by atoms with E-state index in [1.807, 2.05) is 30.3 Å². The van der Waals surface area contributed by atoms with Crippen LogP contribution in [-0.2, 0) is 0 Å². The molecule has 0 aliphatic rings. The van der Waals surface area contributed by atoms with Crippen molar-refractivity contribution in [3.63, 3.8) is 0 Å². The Balaban J connectivity index is 1.90. The Bertz CT molecular complexity index is 764. The van der Waals surface area contributed by atoms with Crippen molar-refractivity contribution in [2.45, 2.75) is 0 Å². The van der Waals surface area contributed by atoms with E-state index in [1.54, 1.807) is 24.3 Å². The predicted molar refractivity (Wildman–Crippen MR) is 77.1 cm³/mol. The first kappa shape index (κ1) is 12.8. The Morgan fingerprint density at radius 3 is 2.43 bits per heavy atom. The summed E-state index contributed by atoms with van der Waals surface area (Å²) < 4.78 is 0. The SMILES string of the molecule is N/C(=N\O)c1ccc(-n2nnc(-c3ccccc3)n2)cc1. The lowest BCUT2D eigenvalue weighted by atomic mass is 10.2. The molecule has 0 unspecified atom stereocenters. The van der Waals surface area contributed by atoms with Crippen molar-refractivity contribution in [2.75, 3.05) is 0 Å². The molecule has 0 radical (unpaired) electrons. The van der Waals surface area contributed by atoms with Crippen LogP contribution < -0.4 is 5.73 Å². The standard InChI is InChI=1S/C14H12N6O/c15-13(18-21)10-6-8-12(9-7-10)20-17-14(16-19-20)11-4-2-1-3-5-11/h1-9,21H,(H2,15,18). The molecule has 3 rings (SSSR count). The number of aromatic nitrogens is 4. The first-order valence-corrected chi connectivity index (χ1v) is 6.22. The molecule has 1 heterocycles. The van der Waals surface area contributed by atoms with Gasteiger partial charge in [0.2, 0.25) is 5.82 Å². The van der Waals surface area contributed by atoms with Crippen LogP contribution in [0.4, 0.5) is 0 Å². The fourth-order valence-electron chi connectivity index (χ4n) is 1.85. The zero-order valence-corrected chi connectivity index (χ0v) is 11.0. The van der Waals surface area contributed by atoms with Gasteiger partial charge in [0.1, 0.15) is 0 Å². The van der Waals surface area contributed by atoms with Gasteiger partial charge in [0.15, 0.2) is 5.84 Å². The smallest absolute Gasteiger partial charge is 0.205 e. The lowest BCUT2D eigenvalue weighted by Crippen LogP contribution is -2.13. The molecule has 0 saturated carbocycles. The summed E-state index contributed by atoms with van der Waals surface area (Å²) >= 11 is 0. The molecule has 0 saturated heterocycles. The molecule has 7 nitrogen and oxygen atoms in total. The fraction of sp³-hybridized carbons (Fsp3) is 0. The summed E-state index contributed by atoms with van der Waals surface area (Å²) in [6.07, 6.45) is 0. The van der Waals surface area contributed by atoms with Crippen LogP contribution in [0.1, 0.15) is 5.56 Å². The molecule has 0 bridgehead atoms. The van der Waals surface area contributed by atoms with Gasteiger partial charge >= 0.3 is 0 Å². The summed E-state index contributed by atoms with van der Waals surface area (Å²) in [7, 11) is 0. The molecular weight excluding hydrogens is 268 g/mol. The number of benzene rings is 2. The third kappa shape index (κ3) is 2.57. The van der Waals surface area contributed by atoms with E-state index in [2.05, 4.69) is 20.6 Å². The number of hydrogen-bond donors (Lipinski definition) is 2. The minimum absolute atomic E-state index is 0.0538. The number of nitrogens with zero attached hydrogens (tertiary/aromatic N) is 5. The molecule has 3 N–H and O–H groups in total. The van der Waals surface area contributed by atoms with Crippen molar-refractivity contribution in [1.82, 2.24) is 20.2 Å². The van der Waals surface area contributed by atoms with Crippen LogP contribution >= 0.6 is 0 Å². The molecule has 0 aliphatic carbocycles. The third-order valence-corrected chi connectivity index (χ3v) is 2.95. The number of amidine groups is 1. The number of nitrogens with two attached hydrogens (primary N) is 1. The highest BCUT2D eigenvalue weighted by atomic mass is 16.4. The third-order valence-electron chi connectivity index (χ3n) is 2.95. The summed E-state index contributed by atoms with van der Waals surface area (Å²) in [5, 5.41) is 24.0. The first-order chi connectivity index (χ1) is 10.3. The van der Waals surface area contributed by atoms with Crippen LogP contribution in [-0.4, -0.2) is 31.3 Å². The number of hydrogen-bond acceptors (Lipinski definition) is 5. The average Bonchev–Trinajstić information content (AvgIpc) is 3.05. The number of oxime groups is 1. The van der Waals surface area contributed by atoms with E-state index in [1.165, 1.54) is 4.80 Å². The molecule has 1 aromatic heterocycles. The molecule has 2 aromatic carbocycles. The van der Waals surface area contributed by atoms with Crippen LogP contribution in [0, 0.1) is 0 Å². The van der Waals surface area contributed by atoms with Crippen LogP contribution in [0.5, 0.6) is 0 Å². The first-order valence-electron chi connectivity index (χ1n) is 6.22. The fourth-order valence-corrected chi connectivity index (χ4v) is 1.85. The van der Waals surface area contributed by atoms with Crippen molar-refractivity contribution in [1.29, 1.82) is 0 Å². The summed E-state index contributed by atoms with van der Waals surface area (Å²) in [6, 6.07) is 16.6. The molecule has 104 valence electrons. The minimum Gasteiger partial charge on any atom is -0.409 e.